The van der Waals surface area contributed by atoms with E-state index in [0.717, 1.165) is 5.69 Å². The second-order valence-corrected chi connectivity index (χ2v) is 7.60. The third kappa shape index (κ3) is 3.76. The summed E-state index contributed by atoms with van der Waals surface area (Å²) in [5.41, 5.74) is 1.76. The Labute approximate surface area is 199 Å². The monoisotopic (exact) mass is 472 g/mol. The standard InChI is InChI=1S/C26H21FN4O4/c1-33-21-13-16(14-22(34-2)23(21)35-3)24-29-25-20(15-28-31(25)19-7-5-4-6-8-19)26(32)30(24)18-11-9-17(27)10-12-18/h4-15H,1-3H3. The Morgan fingerprint density at radius 2 is 1.49 bits per heavy atom. The lowest BCUT2D eigenvalue weighted by Crippen LogP contribution is -2.22. The van der Waals surface area contributed by atoms with Crippen LogP contribution < -0.4 is 19.8 Å². The maximum Gasteiger partial charge on any atom is 0.269 e. The van der Waals surface area contributed by atoms with Gasteiger partial charge < -0.3 is 14.2 Å². The molecule has 0 bridgehead atoms. The molecule has 0 fully saturated rings. The van der Waals surface area contributed by atoms with Crippen molar-refractivity contribution < 1.29 is 18.6 Å². The van der Waals surface area contributed by atoms with Crippen LogP contribution in [0.3, 0.4) is 0 Å². The van der Waals surface area contributed by atoms with Crippen LogP contribution in [0.4, 0.5) is 4.39 Å². The van der Waals surface area contributed by atoms with Crippen molar-refractivity contribution in [3.8, 4) is 40.0 Å². The normalized spacial score (nSPS) is 11.0. The average Bonchev–Trinajstić information content (AvgIpc) is 3.33. The number of benzene rings is 3. The second kappa shape index (κ2) is 8.94. The van der Waals surface area contributed by atoms with E-state index in [4.69, 9.17) is 19.2 Å². The maximum atomic E-state index is 13.8. The van der Waals surface area contributed by atoms with E-state index in [1.807, 2.05) is 30.3 Å². The van der Waals surface area contributed by atoms with Crippen LogP contribution in [-0.2, 0) is 0 Å². The van der Waals surface area contributed by atoms with Gasteiger partial charge in [-0.05, 0) is 48.5 Å². The van der Waals surface area contributed by atoms with Crippen molar-refractivity contribution in [2.75, 3.05) is 21.3 Å². The zero-order valence-electron chi connectivity index (χ0n) is 19.2. The van der Waals surface area contributed by atoms with Gasteiger partial charge in [0.05, 0.1) is 38.9 Å². The second-order valence-electron chi connectivity index (χ2n) is 7.60. The molecule has 0 aliphatic rings. The van der Waals surface area contributed by atoms with Crippen LogP contribution in [-0.4, -0.2) is 40.7 Å². The van der Waals surface area contributed by atoms with Gasteiger partial charge in [0.2, 0.25) is 5.75 Å². The summed E-state index contributed by atoms with van der Waals surface area (Å²) in [4.78, 5) is 18.6. The molecular formula is C26H21FN4O4. The Morgan fingerprint density at radius 3 is 2.09 bits per heavy atom. The van der Waals surface area contributed by atoms with Crippen molar-refractivity contribution in [1.82, 2.24) is 19.3 Å². The molecule has 176 valence electrons. The van der Waals surface area contributed by atoms with Gasteiger partial charge >= 0.3 is 0 Å². The fraction of sp³-hybridized carbons (Fsp3) is 0.115. The number of hydrogen-bond donors (Lipinski definition) is 0. The molecule has 3 aromatic carbocycles. The van der Waals surface area contributed by atoms with Crippen LogP contribution in [0, 0.1) is 5.82 Å². The molecule has 0 saturated carbocycles. The van der Waals surface area contributed by atoms with E-state index in [9.17, 15) is 9.18 Å². The summed E-state index contributed by atoms with van der Waals surface area (Å²) in [6.07, 6.45) is 1.48. The lowest BCUT2D eigenvalue weighted by Gasteiger charge is -2.17. The zero-order valence-corrected chi connectivity index (χ0v) is 19.2. The molecule has 0 saturated heterocycles. The molecule has 8 nitrogen and oxygen atoms in total. The van der Waals surface area contributed by atoms with Crippen molar-refractivity contribution in [3.05, 3.63) is 89.1 Å². The van der Waals surface area contributed by atoms with E-state index in [2.05, 4.69) is 5.10 Å². The Kier molecular flexibility index (Phi) is 5.66. The van der Waals surface area contributed by atoms with Crippen LogP contribution >= 0.6 is 0 Å². The zero-order chi connectivity index (χ0) is 24.5. The third-order valence-corrected chi connectivity index (χ3v) is 5.61. The minimum Gasteiger partial charge on any atom is -0.493 e. The molecule has 35 heavy (non-hydrogen) atoms. The predicted molar refractivity (Wildman–Crippen MR) is 130 cm³/mol. The highest BCUT2D eigenvalue weighted by molar-refractivity contribution is 5.79. The summed E-state index contributed by atoms with van der Waals surface area (Å²) in [6.45, 7) is 0. The Balaban J connectivity index is 1.87. The van der Waals surface area contributed by atoms with Gasteiger partial charge in [0, 0.05) is 5.56 Å². The van der Waals surface area contributed by atoms with E-state index in [0.29, 0.717) is 45.4 Å². The van der Waals surface area contributed by atoms with Crippen molar-refractivity contribution in [3.63, 3.8) is 0 Å². The molecule has 2 aromatic heterocycles. The molecule has 2 heterocycles. The average molecular weight is 472 g/mol. The molecule has 0 aliphatic carbocycles. The summed E-state index contributed by atoms with van der Waals surface area (Å²) in [6, 6.07) is 18.4. The number of fused-ring (bicyclic) bond motifs is 1. The fourth-order valence-corrected chi connectivity index (χ4v) is 3.96. The summed E-state index contributed by atoms with van der Waals surface area (Å²) in [5.74, 6) is 1.09. The largest absolute Gasteiger partial charge is 0.493 e. The van der Waals surface area contributed by atoms with Gasteiger partial charge in [0.15, 0.2) is 17.1 Å². The van der Waals surface area contributed by atoms with Gasteiger partial charge in [-0.1, -0.05) is 18.2 Å². The molecule has 0 spiro atoms. The van der Waals surface area contributed by atoms with Gasteiger partial charge in [-0.15, -0.1) is 0 Å². The number of para-hydroxylation sites is 1. The molecule has 9 heteroatoms. The van der Waals surface area contributed by atoms with Crippen LogP contribution in [0.15, 0.2) is 77.7 Å². The Bertz CT molecular complexity index is 1550. The number of ether oxygens (including phenoxy) is 3. The molecule has 0 unspecified atom stereocenters. The fourth-order valence-electron chi connectivity index (χ4n) is 3.96. The molecular weight excluding hydrogens is 451 g/mol. The van der Waals surface area contributed by atoms with Gasteiger partial charge in [0.25, 0.3) is 5.56 Å². The Hall–Kier alpha value is -4.66. The summed E-state index contributed by atoms with van der Waals surface area (Å²) >= 11 is 0. The molecule has 5 rings (SSSR count). The highest BCUT2D eigenvalue weighted by atomic mass is 19.1. The third-order valence-electron chi connectivity index (χ3n) is 5.61. The topological polar surface area (TPSA) is 80.4 Å². The van der Waals surface area contributed by atoms with Gasteiger partial charge in [-0.3, -0.25) is 9.36 Å². The molecule has 0 N–H and O–H groups in total. The predicted octanol–water partition coefficient (Wildman–Crippen LogP) is 4.40. The van der Waals surface area contributed by atoms with Crippen molar-refractivity contribution in [2.45, 2.75) is 0 Å². The number of aromatic nitrogens is 4. The lowest BCUT2D eigenvalue weighted by atomic mass is 10.1. The summed E-state index contributed by atoms with van der Waals surface area (Å²) in [7, 11) is 4.53. The van der Waals surface area contributed by atoms with E-state index >= 15 is 0 Å². The number of methoxy groups -OCH3 is 3. The number of rotatable bonds is 6. The SMILES string of the molecule is COc1cc(-c2nc3c(cnn3-c3ccccc3)c(=O)n2-c2ccc(F)cc2)cc(OC)c1OC. The minimum absolute atomic E-state index is 0.297. The summed E-state index contributed by atoms with van der Waals surface area (Å²) < 4.78 is 33.2. The first-order valence-corrected chi connectivity index (χ1v) is 10.7. The van der Waals surface area contributed by atoms with Crippen molar-refractivity contribution in [1.29, 1.82) is 0 Å². The first-order valence-electron chi connectivity index (χ1n) is 10.7. The number of nitrogens with zero attached hydrogens (tertiary/aromatic N) is 4. The van der Waals surface area contributed by atoms with Gasteiger partial charge in [-0.25, -0.2) is 14.1 Å². The number of halogens is 1. The minimum atomic E-state index is -0.415. The molecule has 0 aliphatic heterocycles. The van der Waals surface area contributed by atoms with E-state index in [1.54, 1.807) is 16.8 Å². The molecule has 0 amide bonds. The quantitative estimate of drug-likeness (QED) is 0.364. The summed E-state index contributed by atoms with van der Waals surface area (Å²) in [5, 5.41) is 4.73. The molecule has 0 atom stereocenters. The molecule has 5 aromatic rings. The smallest absolute Gasteiger partial charge is 0.269 e. The van der Waals surface area contributed by atoms with Crippen LogP contribution in [0.1, 0.15) is 0 Å². The van der Waals surface area contributed by atoms with Crippen molar-refractivity contribution in [2.24, 2.45) is 0 Å². The van der Waals surface area contributed by atoms with Gasteiger partial charge in [0.1, 0.15) is 17.0 Å². The first kappa shape index (κ1) is 22.1. The highest BCUT2D eigenvalue weighted by Gasteiger charge is 2.22. The molecule has 0 radical (unpaired) electrons. The number of hydrogen-bond acceptors (Lipinski definition) is 6. The van der Waals surface area contributed by atoms with Gasteiger partial charge in [-0.2, -0.15) is 5.10 Å². The first-order chi connectivity index (χ1) is 17.0. The van der Waals surface area contributed by atoms with E-state index in [1.165, 1.54) is 56.4 Å². The van der Waals surface area contributed by atoms with Crippen molar-refractivity contribution >= 4 is 11.0 Å². The van der Waals surface area contributed by atoms with Crippen LogP contribution in [0.5, 0.6) is 17.2 Å². The maximum absolute atomic E-state index is 13.8. The van der Waals surface area contributed by atoms with Crippen LogP contribution in [0.2, 0.25) is 0 Å². The van der Waals surface area contributed by atoms with Crippen LogP contribution in [0.25, 0.3) is 33.8 Å². The highest BCUT2D eigenvalue weighted by Crippen LogP contribution is 2.41. The van der Waals surface area contributed by atoms with E-state index < -0.39 is 5.82 Å². The Morgan fingerprint density at radius 1 is 0.829 bits per heavy atom. The lowest BCUT2D eigenvalue weighted by molar-refractivity contribution is 0.324. The van der Waals surface area contributed by atoms with E-state index in [-0.39, 0.29) is 5.56 Å².